The summed E-state index contributed by atoms with van der Waals surface area (Å²) in [5, 5.41) is 1.18. The Kier molecular flexibility index (Phi) is 4.48. The first-order chi connectivity index (χ1) is 11.0. The molecule has 0 aliphatic carbocycles. The third kappa shape index (κ3) is 3.15. The second kappa shape index (κ2) is 6.40. The molecule has 1 aliphatic rings. The number of Topliss-reactive ketones (excluding diaryl/α,β-unsaturated/α-hetero) is 1. The van der Waals surface area contributed by atoms with Crippen molar-refractivity contribution in [2.75, 3.05) is 18.1 Å². The van der Waals surface area contributed by atoms with E-state index in [4.69, 9.17) is 39.5 Å². The van der Waals surface area contributed by atoms with Gasteiger partial charge in [-0.05, 0) is 36.4 Å². The Morgan fingerprint density at radius 1 is 0.957 bits per heavy atom. The molecular weight excluding hydrogens is 361 g/mol. The van der Waals surface area contributed by atoms with Crippen molar-refractivity contribution in [3.8, 4) is 5.75 Å². The van der Waals surface area contributed by atoms with Crippen LogP contribution in [0.15, 0.2) is 36.4 Å². The van der Waals surface area contributed by atoms with Gasteiger partial charge in [0.05, 0.1) is 22.8 Å². The first-order valence-electron chi connectivity index (χ1n) is 6.71. The zero-order valence-electron chi connectivity index (χ0n) is 11.7. The van der Waals surface area contributed by atoms with Crippen LogP contribution in [-0.4, -0.2) is 24.8 Å². The summed E-state index contributed by atoms with van der Waals surface area (Å²) in [7, 11) is 0. The van der Waals surface area contributed by atoms with Gasteiger partial charge in [-0.3, -0.25) is 14.5 Å². The fourth-order valence-electron chi connectivity index (χ4n) is 2.35. The van der Waals surface area contributed by atoms with Gasteiger partial charge in [0, 0.05) is 10.0 Å². The van der Waals surface area contributed by atoms with Gasteiger partial charge in [0.15, 0.2) is 0 Å². The number of hydrogen-bond donors (Lipinski definition) is 0. The normalized spacial score (nSPS) is 13.4. The standard InChI is InChI=1S/C16H10Cl3NO3/c17-9-1-3-11(4-2-9)23-6-5-20-14-12(15(21)16(20)22)7-10(18)8-13(14)19/h1-4,7-8H,5-6H2. The SMILES string of the molecule is O=C1C(=O)N(CCOc2ccc(Cl)cc2)c2c(Cl)cc(Cl)cc21. The van der Waals surface area contributed by atoms with E-state index in [1.54, 1.807) is 24.3 Å². The number of ketones is 1. The minimum absolute atomic E-state index is 0.196. The first kappa shape index (κ1) is 16.1. The topological polar surface area (TPSA) is 46.6 Å². The third-order valence-corrected chi connectivity index (χ3v) is 4.14. The maximum atomic E-state index is 12.1. The zero-order chi connectivity index (χ0) is 16.6. The van der Waals surface area contributed by atoms with Gasteiger partial charge in [-0.25, -0.2) is 0 Å². The van der Waals surface area contributed by atoms with Crippen LogP contribution in [0.3, 0.4) is 0 Å². The summed E-state index contributed by atoms with van der Waals surface area (Å²) in [5.74, 6) is -0.630. The molecule has 118 valence electrons. The molecule has 2 aromatic rings. The van der Waals surface area contributed by atoms with Gasteiger partial charge >= 0.3 is 0 Å². The van der Waals surface area contributed by atoms with Crippen LogP contribution >= 0.6 is 34.8 Å². The molecule has 0 aromatic heterocycles. The van der Waals surface area contributed by atoms with Crippen LogP contribution in [0.2, 0.25) is 15.1 Å². The monoisotopic (exact) mass is 369 g/mol. The molecule has 1 heterocycles. The molecule has 3 rings (SSSR count). The molecule has 7 heteroatoms. The summed E-state index contributed by atoms with van der Waals surface area (Å²) in [5.41, 5.74) is 0.602. The molecular formula is C16H10Cl3NO3. The van der Waals surface area contributed by atoms with Crippen molar-refractivity contribution in [3.05, 3.63) is 57.0 Å². The number of anilines is 1. The largest absolute Gasteiger partial charge is 0.492 e. The molecule has 0 fully saturated rings. The number of carbonyl (C=O) groups excluding carboxylic acids is 2. The van der Waals surface area contributed by atoms with Crippen molar-refractivity contribution in [2.45, 2.75) is 0 Å². The van der Waals surface area contributed by atoms with Crippen molar-refractivity contribution in [1.82, 2.24) is 0 Å². The van der Waals surface area contributed by atoms with Crippen LogP contribution in [-0.2, 0) is 4.79 Å². The Hall–Kier alpha value is -1.75. The highest BCUT2D eigenvalue weighted by Crippen LogP contribution is 2.38. The Morgan fingerprint density at radius 3 is 2.35 bits per heavy atom. The predicted octanol–water partition coefficient (Wildman–Crippen LogP) is 4.26. The molecule has 0 bridgehead atoms. The molecule has 0 saturated carbocycles. The quantitative estimate of drug-likeness (QED) is 0.756. The minimum atomic E-state index is -0.635. The molecule has 0 atom stereocenters. The Balaban J connectivity index is 1.75. The second-order valence-corrected chi connectivity index (χ2v) is 6.15. The lowest BCUT2D eigenvalue weighted by Gasteiger charge is -2.18. The molecule has 2 aromatic carbocycles. The zero-order valence-corrected chi connectivity index (χ0v) is 14.0. The van der Waals surface area contributed by atoms with Crippen molar-refractivity contribution >= 4 is 52.2 Å². The van der Waals surface area contributed by atoms with E-state index in [1.165, 1.54) is 17.0 Å². The van der Waals surface area contributed by atoms with Crippen LogP contribution in [0.5, 0.6) is 5.75 Å². The van der Waals surface area contributed by atoms with Gasteiger partial charge in [-0.1, -0.05) is 34.8 Å². The fraction of sp³-hybridized carbons (Fsp3) is 0.125. The molecule has 0 spiro atoms. The van der Waals surface area contributed by atoms with E-state index >= 15 is 0 Å². The summed E-state index contributed by atoms with van der Waals surface area (Å²) in [6.07, 6.45) is 0. The van der Waals surface area contributed by atoms with E-state index in [1.807, 2.05) is 0 Å². The summed E-state index contributed by atoms with van der Waals surface area (Å²) < 4.78 is 5.55. The lowest BCUT2D eigenvalue weighted by molar-refractivity contribution is -0.114. The number of carbonyl (C=O) groups is 2. The molecule has 1 aliphatic heterocycles. The predicted molar refractivity (Wildman–Crippen MR) is 90.1 cm³/mol. The smallest absolute Gasteiger partial charge is 0.299 e. The Labute approximate surface area is 147 Å². The molecule has 0 unspecified atom stereocenters. The molecule has 0 saturated heterocycles. The number of ether oxygens (including phenoxy) is 1. The van der Waals surface area contributed by atoms with Crippen molar-refractivity contribution in [3.63, 3.8) is 0 Å². The third-order valence-electron chi connectivity index (χ3n) is 3.38. The number of halogens is 3. The average molecular weight is 371 g/mol. The lowest BCUT2D eigenvalue weighted by atomic mass is 10.1. The van der Waals surface area contributed by atoms with E-state index in [2.05, 4.69) is 0 Å². The van der Waals surface area contributed by atoms with Crippen LogP contribution in [0.4, 0.5) is 5.69 Å². The van der Waals surface area contributed by atoms with E-state index in [9.17, 15) is 9.59 Å². The van der Waals surface area contributed by atoms with E-state index in [0.717, 1.165) is 0 Å². The summed E-state index contributed by atoms with van der Waals surface area (Å²) >= 11 is 17.8. The highest BCUT2D eigenvalue weighted by molar-refractivity contribution is 6.54. The van der Waals surface area contributed by atoms with Crippen LogP contribution in [0.25, 0.3) is 0 Å². The lowest BCUT2D eigenvalue weighted by Crippen LogP contribution is -2.33. The molecule has 1 amide bonds. The van der Waals surface area contributed by atoms with Crippen LogP contribution in [0, 0.1) is 0 Å². The Morgan fingerprint density at radius 2 is 1.65 bits per heavy atom. The Bertz CT molecular complexity index is 790. The maximum absolute atomic E-state index is 12.1. The molecule has 0 N–H and O–H groups in total. The van der Waals surface area contributed by atoms with Crippen molar-refractivity contribution in [1.29, 1.82) is 0 Å². The summed E-state index contributed by atoms with van der Waals surface area (Å²) in [6, 6.07) is 9.80. The van der Waals surface area contributed by atoms with Gasteiger partial charge in [0.25, 0.3) is 11.7 Å². The van der Waals surface area contributed by atoms with Gasteiger partial charge in [0.1, 0.15) is 12.4 Å². The highest BCUT2D eigenvalue weighted by Gasteiger charge is 2.37. The highest BCUT2D eigenvalue weighted by atomic mass is 35.5. The number of rotatable bonds is 4. The second-order valence-electron chi connectivity index (χ2n) is 4.87. The van der Waals surface area contributed by atoms with Gasteiger partial charge in [-0.15, -0.1) is 0 Å². The number of fused-ring (bicyclic) bond motifs is 1. The average Bonchev–Trinajstić information content (AvgIpc) is 2.74. The number of amides is 1. The number of hydrogen-bond acceptors (Lipinski definition) is 3. The van der Waals surface area contributed by atoms with Crippen molar-refractivity contribution < 1.29 is 14.3 Å². The molecule has 23 heavy (non-hydrogen) atoms. The first-order valence-corrected chi connectivity index (χ1v) is 7.84. The van der Waals surface area contributed by atoms with Crippen molar-refractivity contribution in [2.24, 2.45) is 0 Å². The van der Waals surface area contributed by atoms with Crippen LogP contribution in [0.1, 0.15) is 10.4 Å². The van der Waals surface area contributed by atoms with Gasteiger partial charge in [-0.2, -0.15) is 0 Å². The van der Waals surface area contributed by atoms with Gasteiger partial charge in [0.2, 0.25) is 0 Å². The minimum Gasteiger partial charge on any atom is -0.492 e. The van der Waals surface area contributed by atoms with E-state index < -0.39 is 11.7 Å². The maximum Gasteiger partial charge on any atom is 0.299 e. The van der Waals surface area contributed by atoms with E-state index in [0.29, 0.717) is 21.5 Å². The number of benzene rings is 2. The number of nitrogens with zero attached hydrogens (tertiary/aromatic N) is 1. The van der Waals surface area contributed by atoms with Crippen LogP contribution < -0.4 is 9.64 Å². The fourth-order valence-corrected chi connectivity index (χ4v) is 3.07. The summed E-state index contributed by atoms with van der Waals surface area (Å²) in [4.78, 5) is 25.4. The van der Waals surface area contributed by atoms with Gasteiger partial charge < -0.3 is 4.74 Å². The summed E-state index contributed by atoms with van der Waals surface area (Å²) in [6.45, 7) is 0.403. The molecule has 0 radical (unpaired) electrons. The molecule has 4 nitrogen and oxygen atoms in total. The van der Waals surface area contributed by atoms with E-state index in [-0.39, 0.29) is 23.7 Å².